The van der Waals surface area contributed by atoms with Crippen LogP contribution in [0.4, 0.5) is 0 Å². The van der Waals surface area contributed by atoms with Gasteiger partial charge in [0.2, 0.25) is 11.8 Å². The molecule has 0 bridgehead atoms. The first kappa shape index (κ1) is 14.3. The smallest absolute Gasteiger partial charge is 0.225 e. The first-order valence-electron chi connectivity index (χ1n) is 7.32. The fourth-order valence-corrected chi connectivity index (χ4v) is 2.53. The molecule has 0 aromatic rings. The number of likely N-dealkylation sites (tertiary alicyclic amines) is 1. The van der Waals surface area contributed by atoms with Crippen molar-refractivity contribution in [2.75, 3.05) is 19.6 Å². The van der Waals surface area contributed by atoms with E-state index >= 15 is 0 Å². The average molecular weight is 268 g/mol. The molecule has 1 saturated heterocycles. The number of rotatable bonds is 5. The molecule has 0 aromatic heterocycles. The second-order valence-corrected chi connectivity index (χ2v) is 5.83. The summed E-state index contributed by atoms with van der Waals surface area (Å²) in [5.41, 5.74) is 0. The van der Waals surface area contributed by atoms with Crippen LogP contribution >= 0.6 is 0 Å². The van der Waals surface area contributed by atoms with Gasteiger partial charge in [0.1, 0.15) is 0 Å². The molecule has 2 unspecified atom stereocenters. The Morgan fingerprint density at radius 1 is 1.32 bits per heavy atom. The number of aliphatic hydroxyl groups excluding tert-OH is 1. The lowest BCUT2D eigenvalue weighted by molar-refractivity contribution is -0.136. The maximum Gasteiger partial charge on any atom is 0.225 e. The molecule has 2 amide bonds. The van der Waals surface area contributed by atoms with Gasteiger partial charge in [0.05, 0.1) is 12.0 Å². The van der Waals surface area contributed by atoms with Crippen LogP contribution in [0.15, 0.2) is 0 Å². The number of carbonyl (C=O) groups excluding carboxylic acids is 2. The van der Waals surface area contributed by atoms with Crippen LogP contribution in [-0.4, -0.2) is 47.6 Å². The number of aliphatic hydroxyl groups is 1. The minimum Gasteiger partial charge on any atom is -0.393 e. The maximum atomic E-state index is 12.0. The van der Waals surface area contributed by atoms with E-state index in [4.69, 9.17) is 5.11 Å². The van der Waals surface area contributed by atoms with Gasteiger partial charge >= 0.3 is 0 Å². The molecule has 0 radical (unpaired) electrons. The number of hydrogen-bond donors (Lipinski definition) is 2. The molecule has 2 fully saturated rings. The second-order valence-electron chi connectivity index (χ2n) is 5.83. The molecule has 1 saturated carbocycles. The molecule has 19 heavy (non-hydrogen) atoms. The third-order valence-electron chi connectivity index (χ3n) is 3.89. The first-order valence-corrected chi connectivity index (χ1v) is 7.32. The summed E-state index contributed by atoms with van der Waals surface area (Å²) in [6.07, 6.45) is 3.98. The second kappa shape index (κ2) is 6.37. The van der Waals surface area contributed by atoms with Crippen LogP contribution in [0.5, 0.6) is 0 Å². The molecule has 5 nitrogen and oxygen atoms in total. The standard InChI is InChI=1S/C14H24N2O3/c1-10(17)6-7-15-13(18)12-3-2-8-16(9-12)14(19)11-4-5-11/h10-12,17H,2-9H2,1H3,(H,15,18). The third-order valence-corrected chi connectivity index (χ3v) is 3.89. The summed E-state index contributed by atoms with van der Waals surface area (Å²) >= 11 is 0. The van der Waals surface area contributed by atoms with Crippen molar-refractivity contribution in [1.82, 2.24) is 10.2 Å². The largest absolute Gasteiger partial charge is 0.393 e. The fourth-order valence-electron chi connectivity index (χ4n) is 2.53. The van der Waals surface area contributed by atoms with Gasteiger partial charge < -0.3 is 15.3 Å². The lowest BCUT2D eigenvalue weighted by Crippen LogP contribution is -2.46. The van der Waals surface area contributed by atoms with Gasteiger partial charge in [-0.1, -0.05) is 0 Å². The van der Waals surface area contributed by atoms with Crippen LogP contribution in [0.2, 0.25) is 0 Å². The zero-order valence-electron chi connectivity index (χ0n) is 11.6. The molecule has 2 atom stereocenters. The van der Waals surface area contributed by atoms with Crippen LogP contribution in [0, 0.1) is 11.8 Å². The van der Waals surface area contributed by atoms with Crippen molar-refractivity contribution in [3.63, 3.8) is 0 Å². The van der Waals surface area contributed by atoms with Gasteiger partial charge in [-0.15, -0.1) is 0 Å². The van der Waals surface area contributed by atoms with Gasteiger partial charge in [0.25, 0.3) is 0 Å². The highest BCUT2D eigenvalue weighted by atomic mass is 16.3. The Morgan fingerprint density at radius 3 is 2.68 bits per heavy atom. The van der Waals surface area contributed by atoms with Crippen LogP contribution in [0.25, 0.3) is 0 Å². The van der Waals surface area contributed by atoms with Crippen LogP contribution in [0.3, 0.4) is 0 Å². The van der Waals surface area contributed by atoms with Crippen molar-refractivity contribution < 1.29 is 14.7 Å². The molecule has 2 rings (SSSR count). The molecule has 2 N–H and O–H groups in total. The van der Waals surface area contributed by atoms with Gasteiger partial charge in [-0.2, -0.15) is 0 Å². The number of nitrogens with one attached hydrogen (secondary N) is 1. The molecule has 0 spiro atoms. The van der Waals surface area contributed by atoms with E-state index in [1.165, 1.54) is 0 Å². The first-order chi connectivity index (χ1) is 9.08. The topological polar surface area (TPSA) is 69.6 Å². The van der Waals surface area contributed by atoms with E-state index in [1.54, 1.807) is 6.92 Å². The Hall–Kier alpha value is -1.10. The maximum absolute atomic E-state index is 12.0. The number of nitrogens with zero attached hydrogens (tertiary/aromatic N) is 1. The summed E-state index contributed by atoms with van der Waals surface area (Å²) in [4.78, 5) is 25.9. The van der Waals surface area contributed by atoms with Crippen molar-refractivity contribution in [1.29, 1.82) is 0 Å². The highest BCUT2D eigenvalue weighted by molar-refractivity contribution is 5.83. The van der Waals surface area contributed by atoms with Crippen molar-refractivity contribution in [2.45, 2.75) is 45.1 Å². The average Bonchev–Trinajstić information content (AvgIpc) is 3.22. The third kappa shape index (κ3) is 4.20. The van der Waals surface area contributed by atoms with Gasteiger partial charge in [-0.3, -0.25) is 9.59 Å². The fraction of sp³-hybridized carbons (Fsp3) is 0.857. The van der Waals surface area contributed by atoms with E-state index in [0.29, 0.717) is 19.5 Å². The van der Waals surface area contributed by atoms with E-state index in [1.807, 2.05) is 4.90 Å². The molecule has 1 heterocycles. The van der Waals surface area contributed by atoms with Crippen molar-refractivity contribution in [2.24, 2.45) is 11.8 Å². The highest BCUT2D eigenvalue weighted by Gasteiger charge is 2.36. The van der Waals surface area contributed by atoms with Crippen LogP contribution in [-0.2, 0) is 9.59 Å². The lowest BCUT2D eigenvalue weighted by atomic mass is 9.96. The molecule has 2 aliphatic rings. The van der Waals surface area contributed by atoms with Gasteiger partial charge in [-0.05, 0) is 39.0 Å². The summed E-state index contributed by atoms with van der Waals surface area (Å²) in [5, 5.41) is 12.0. The number of amides is 2. The molecule has 5 heteroatoms. The zero-order valence-corrected chi connectivity index (χ0v) is 11.6. The molecular weight excluding hydrogens is 244 g/mol. The Morgan fingerprint density at radius 2 is 2.05 bits per heavy atom. The summed E-state index contributed by atoms with van der Waals surface area (Å²) in [7, 11) is 0. The molecule has 1 aliphatic heterocycles. The number of piperidine rings is 1. The SMILES string of the molecule is CC(O)CCNC(=O)C1CCCN(C(=O)C2CC2)C1. The number of carbonyl (C=O) groups is 2. The van der Waals surface area contributed by atoms with Gasteiger partial charge in [0, 0.05) is 25.6 Å². The van der Waals surface area contributed by atoms with E-state index in [-0.39, 0.29) is 29.8 Å². The molecule has 1 aliphatic carbocycles. The normalized spacial score (nSPS) is 24.9. The molecule has 108 valence electrons. The van der Waals surface area contributed by atoms with E-state index in [0.717, 1.165) is 32.2 Å². The summed E-state index contributed by atoms with van der Waals surface area (Å²) < 4.78 is 0. The summed E-state index contributed by atoms with van der Waals surface area (Å²) in [6.45, 7) is 3.58. The molecular formula is C14H24N2O3. The Kier molecular flexibility index (Phi) is 4.80. The van der Waals surface area contributed by atoms with Gasteiger partial charge in [-0.25, -0.2) is 0 Å². The number of hydrogen-bond acceptors (Lipinski definition) is 3. The quantitative estimate of drug-likeness (QED) is 0.764. The summed E-state index contributed by atoms with van der Waals surface area (Å²) in [6, 6.07) is 0. The Balaban J connectivity index is 1.76. The predicted molar refractivity (Wildman–Crippen MR) is 71.3 cm³/mol. The minimum absolute atomic E-state index is 0.0222. The van der Waals surface area contributed by atoms with Crippen LogP contribution in [0.1, 0.15) is 39.0 Å². The van der Waals surface area contributed by atoms with Crippen molar-refractivity contribution in [3.05, 3.63) is 0 Å². The van der Waals surface area contributed by atoms with Crippen molar-refractivity contribution >= 4 is 11.8 Å². The lowest BCUT2D eigenvalue weighted by Gasteiger charge is -2.32. The highest BCUT2D eigenvalue weighted by Crippen LogP contribution is 2.32. The van der Waals surface area contributed by atoms with Gasteiger partial charge in [0.15, 0.2) is 0 Å². The van der Waals surface area contributed by atoms with E-state index < -0.39 is 0 Å². The predicted octanol–water partition coefficient (Wildman–Crippen LogP) is 0.522. The monoisotopic (exact) mass is 268 g/mol. The minimum atomic E-state index is -0.389. The summed E-state index contributed by atoms with van der Waals surface area (Å²) in [5.74, 6) is 0.415. The zero-order chi connectivity index (χ0) is 13.8. The van der Waals surface area contributed by atoms with E-state index in [2.05, 4.69) is 5.32 Å². The van der Waals surface area contributed by atoms with Crippen LogP contribution < -0.4 is 5.32 Å². The Bertz CT molecular complexity index is 340. The molecule has 0 aromatic carbocycles. The Labute approximate surface area is 114 Å². The van der Waals surface area contributed by atoms with E-state index in [9.17, 15) is 9.59 Å². The van der Waals surface area contributed by atoms with Crippen molar-refractivity contribution in [3.8, 4) is 0 Å².